The van der Waals surface area contributed by atoms with E-state index in [4.69, 9.17) is 42.7 Å². The van der Waals surface area contributed by atoms with E-state index in [1.807, 2.05) is 13.0 Å². The van der Waals surface area contributed by atoms with E-state index in [1.54, 1.807) is 30.4 Å². The van der Waals surface area contributed by atoms with Crippen LogP contribution in [0.25, 0.3) is 62.7 Å². The number of benzene rings is 1. The van der Waals surface area contributed by atoms with Crippen molar-refractivity contribution in [1.82, 2.24) is 5.32 Å². The smallest absolute Gasteiger partial charge is 0.255 e. The van der Waals surface area contributed by atoms with E-state index in [-0.39, 0.29) is 71.3 Å². The molecule has 0 radical (unpaired) electrons. The summed E-state index contributed by atoms with van der Waals surface area (Å²) in [6.07, 6.45) is 7.68. The van der Waals surface area contributed by atoms with E-state index in [0.717, 1.165) is 6.42 Å². The van der Waals surface area contributed by atoms with E-state index in [9.17, 15) is 4.79 Å². The molecule has 1 N–H and O–H groups in total. The van der Waals surface area contributed by atoms with Gasteiger partial charge in [0.25, 0.3) is 5.91 Å². The van der Waals surface area contributed by atoms with Gasteiger partial charge in [0.05, 0.1) is 26.4 Å². The average Bonchev–Trinajstić information content (AvgIpc) is 3.08. The van der Waals surface area contributed by atoms with Crippen LogP contribution < -0.4 is 5.32 Å². The first-order valence-corrected chi connectivity index (χ1v) is 13.8. The van der Waals surface area contributed by atoms with Gasteiger partial charge in [-0.2, -0.15) is 0 Å². The van der Waals surface area contributed by atoms with Gasteiger partial charge in [0, 0.05) is 91.3 Å². The molecule has 0 aliphatic rings. The number of hydrogen-bond acceptors (Lipinski definition) is 9. The summed E-state index contributed by atoms with van der Waals surface area (Å²) >= 11 is 0. The average molecular weight is 648 g/mol. The number of azide groups is 6. The Morgan fingerprint density at radius 1 is 0.681 bits per heavy atom. The molecule has 0 fully saturated rings. The molecule has 1 rings (SSSR count). The molecule has 1 aromatic carbocycles. The SMILES string of the molecule is CCC=CC=CNC(=O)c1cc(COCC(CN=[N+]=[N-])(CN=[N+]=[N-])CN=[N+]=[N-])cc(COCC(CN=[N+]=[N-])(CN=[N+]=[N-])CN=[N+]=[N-])c1. The Hall–Kier alpha value is -6.05. The molecule has 47 heavy (non-hydrogen) atoms. The van der Waals surface area contributed by atoms with Crippen molar-refractivity contribution in [3.63, 3.8) is 0 Å². The van der Waals surface area contributed by atoms with Crippen LogP contribution in [0.15, 0.2) is 73.3 Å². The standard InChI is InChI=1S/C25H33N19O3/c1-2-3-4-5-6-32-23(45)22-8-20(10-46-18-24(12-33-39-26,13-34-40-27)14-35-41-28)7-21(9-22)11-47-19-25(15-36-42-29,16-37-43-30)17-38-44-31/h3-9H,2,10-19H2,1H3,(H,32,45). The lowest BCUT2D eigenvalue weighted by Gasteiger charge is -2.29. The summed E-state index contributed by atoms with van der Waals surface area (Å²) in [5.41, 5.74) is 52.2. The fourth-order valence-corrected chi connectivity index (χ4v) is 3.97. The number of ether oxygens (including phenoxy) is 2. The van der Waals surface area contributed by atoms with Crippen LogP contribution >= 0.6 is 0 Å². The van der Waals surface area contributed by atoms with Crippen molar-refractivity contribution in [2.45, 2.75) is 26.6 Å². The van der Waals surface area contributed by atoms with Crippen LogP contribution in [-0.2, 0) is 22.7 Å². The van der Waals surface area contributed by atoms with Gasteiger partial charge in [0.1, 0.15) is 0 Å². The van der Waals surface area contributed by atoms with Crippen LogP contribution in [0.3, 0.4) is 0 Å². The van der Waals surface area contributed by atoms with Gasteiger partial charge in [0.2, 0.25) is 0 Å². The van der Waals surface area contributed by atoms with Gasteiger partial charge >= 0.3 is 0 Å². The minimum atomic E-state index is -1.12. The van der Waals surface area contributed by atoms with Crippen molar-refractivity contribution in [3.8, 4) is 0 Å². The lowest BCUT2D eigenvalue weighted by molar-refractivity contribution is 0.0432. The Labute approximate surface area is 268 Å². The van der Waals surface area contributed by atoms with E-state index >= 15 is 0 Å². The highest BCUT2D eigenvalue weighted by Gasteiger charge is 2.30. The summed E-state index contributed by atoms with van der Waals surface area (Å²) in [7, 11) is 0. The fraction of sp³-hybridized carbons (Fsp3) is 0.560. The Balaban J connectivity index is 3.36. The van der Waals surface area contributed by atoms with Gasteiger partial charge in [0.15, 0.2) is 0 Å². The predicted octanol–water partition coefficient (Wildman–Crippen LogP) is 7.76. The third-order valence-corrected chi connectivity index (χ3v) is 6.28. The van der Waals surface area contributed by atoms with E-state index in [0.29, 0.717) is 11.1 Å². The number of nitrogens with one attached hydrogen (secondary N) is 1. The molecule has 0 spiro atoms. The molecule has 1 aromatic rings. The highest BCUT2D eigenvalue weighted by molar-refractivity contribution is 5.95. The van der Waals surface area contributed by atoms with Crippen LogP contribution in [0.2, 0.25) is 0 Å². The van der Waals surface area contributed by atoms with Gasteiger partial charge in [-0.25, -0.2) is 0 Å². The van der Waals surface area contributed by atoms with Crippen LogP contribution in [-0.4, -0.2) is 58.4 Å². The maximum absolute atomic E-state index is 13.0. The summed E-state index contributed by atoms with van der Waals surface area (Å²) in [5, 5.41) is 24.0. The molecule has 0 saturated carbocycles. The Bertz CT molecular complexity index is 1340. The normalized spacial score (nSPS) is 12.9. The molecule has 0 saturated heterocycles. The zero-order valence-electron chi connectivity index (χ0n) is 25.6. The minimum absolute atomic E-state index is 0.0532. The summed E-state index contributed by atoms with van der Waals surface area (Å²) < 4.78 is 11.8. The van der Waals surface area contributed by atoms with Crippen LogP contribution in [0, 0.1) is 10.8 Å². The number of amides is 1. The lowest BCUT2D eigenvalue weighted by Crippen LogP contribution is -2.36. The second kappa shape index (κ2) is 23.3. The maximum Gasteiger partial charge on any atom is 0.255 e. The number of hydrogen-bond donors (Lipinski definition) is 1. The maximum atomic E-state index is 13.0. The summed E-state index contributed by atoms with van der Waals surface area (Å²) in [5.74, 6) is -0.428. The van der Waals surface area contributed by atoms with Crippen molar-refractivity contribution in [1.29, 1.82) is 0 Å². The summed E-state index contributed by atoms with van der Waals surface area (Å²) in [6.45, 7) is 0.565. The van der Waals surface area contributed by atoms with Crippen LogP contribution in [0.5, 0.6) is 0 Å². The highest BCUT2D eigenvalue weighted by Crippen LogP contribution is 2.24. The van der Waals surface area contributed by atoms with Crippen molar-refractivity contribution in [2.75, 3.05) is 52.5 Å². The van der Waals surface area contributed by atoms with Crippen molar-refractivity contribution < 1.29 is 14.3 Å². The molecule has 0 unspecified atom stereocenters. The molecule has 0 bridgehead atoms. The molecular weight excluding hydrogens is 614 g/mol. The number of rotatable bonds is 24. The first-order valence-electron chi connectivity index (χ1n) is 13.8. The lowest BCUT2D eigenvalue weighted by atomic mass is 9.89. The minimum Gasteiger partial charge on any atom is -0.376 e. The van der Waals surface area contributed by atoms with Crippen LogP contribution in [0.1, 0.15) is 34.8 Å². The molecule has 0 aliphatic carbocycles. The Morgan fingerprint density at radius 2 is 1.06 bits per heavy atom. The van der Waals surface area contributed by atoms with Crippen LogP contribution in [0.4, 0.5) is 0 Å². The van der Waals surface area contributed by atoms with Crippen molar-refractivity contribution in [3.05, 3.63) is 122 Å². The third kappa shape index (κ3) is 15.5. The summed E-state index contributed by atoms with van der Waals surface area (Å²) in [4.78, 5) is 29.5. The molecule has 22 heteroatoms. The fourth-order valence-electron chi connectivity index (χ4n) is 3.97. The topological polar surface area (TPSA) is 340 Å². The number of carbonyl (C=O) groups excluding carboxylic acids is 1. The number of carbonyl (C=O) groups is 1. The third-order valence-electron chi connectivity index (χ3n) is 6.28. The van der Waals surface area contributed by atoms with Gasteiger partial charge in [-0.1, -0.05) is 55.8 Å². The number of allylic oxidation sites excluding steroid dienone is 3. The molecule has 0 aromatic heterocycles. The quantitative estimate of drug-likeness (QED) is 0.0508. The predicted molar refractivity (Wildman–Crippen MR) is 171 cm³/mol. The highest BCUT2D eigenvalue weighted by atomic mass is 16.5. The number of nitrogens with zero attached hydrogens (tertiary/aromatic N) is 18. The van der Waals surface area contributed by atoms with Crippen molar-refractivity contribution >= 4 is 5.91 Å². The van der Waals surface area contributed by atoms with Gasteiger partial charge in [-0.15, -0.1) is 0 Å². The van der Waals surface area contributed by atoms with E-state index < -0.39 is 16.7 Å². The molecule has 246 valence electrons. The molecular formula is C25H33N19O3. The van der Waals surface area contributed by atoms with Gasteiger partial charge in [-0.05, 0) is 68.9 Å². The molecule has 0 atom stereocenters. The zero-order valence-corrected chi connectivity index (χ0v) is 25.6. The van der Waals surface area contributed by atoms with Crippen molar-refractivity contribution in [2.24, 2.45) is 41.5 Å². The van der Waals surface area contributed by atoms with E-state index in [2.05, 4.69) is 65.5 Å². The first-order chi connectivity index (χ1) is 22.9. The largest absolute Gasteiger partial charge is 0.376 e. The van der Waals surface area contributed by atoms with E-state index in [1.165, 1.54) is 6.20 Å². The first kappa shape index (κ1) is 39.0. The van der Waals surface area contributed by atoms with Gasteiger partial charge in [-0.3, -0.25) is 4.79 Å². The Morgan fingerprint density at radius 3 is 1.40 bits per heavy atom. The molecule has 22 nitrogen and oxygen atoms in total. The molecule has 0 heterocycles. The second-order valence-electron chi connectivity index (χ2n) is 10.0. The summed E-state index contributed by atoms with van der Waals surface area (Å²) in [6, 6.07) is 4.90. The Kier molecular flexibility index (Phi) is 19.4. The molecule has 0 aliphatic heterocycles. The second-order valence-corrected chi connectivity index (χ2v) is 10.0. The zero-order chi connectivity index (χ0) is 34.6. The van der Waals surface area contributed by atoms with Gasteiger partial charge < -0.3 is 14.8 Å². The monoisotopic (exact) mass is 647 g/mol. The molecule has 1 amide bonds.